The molecule has 2 nitrogen and oxygen atoms in total. The molecule has 2 rings (SSSR count). The molecule has 1 fully saturated rings. The van der Waals surface area contributed by atoms with Crippen molar-refractivity contribution in [2.24, 2.45) is 0 Å². The van der Waals surface area contributed by atoms with Gasteiger partial charge < -0.3 is 4.57 Å². The average Bonchev–Trinajstić information content (AvgIpc) is 2.58. The van der Waals surface area contributed by atoms with Crippen LogP contribution in [-0.2, 0) is 0 Å². The molecule has 0 saturated heterocycles. The second-order valence-corrected chi connectivity index (χ2v) is 2.67. The van der Waals surface area contributed by atoms with E-state index in [-0.39, 0.29) is 0 Å². The highest BCUT2D eigenvalue weighted by atomic mass is 35.5. The summed E-state index contributed by atoms with van der Waals surface area (Å²) in [4.78, 5) is 3.91. The van der Waals surface area contributed by atoms with Gasteiger partial charge in [-0.05, 0) is 24.4 Å². The summed E-state index contributed by atoms with van der Waals surface area (Å²) in [5, 5.41) is 0.623. The lowest BCUT2D eigenvalue weighted by molar-refractivity contribution is 0.742. The molecular weight excluding hydrogens is 136 g/mol. The third-order valence-corrected chi connectivity index (χ3v) is 1.85. The fourth-order valence-corrected chi connectivity index (χ4v) is 1.17. The smallest absolute Gasteiger partial charge is 0.202 e. The van der Waals surface area contributed by atoms with Crippen LogP contribution in [0.2, 0.25) is 5.28 Å². The van der Waals surface area contributed by atoms with Crippen molar-refractivity contribution in [3.05, 3.63) is 17.7 Å². The molecule has 9 heavy (non-hydrogen) atoms. The standard InChI is InChI=1S/C6H7ClN2/c7-6-8-3-4-9(6)5-1-2-5/h3-5H,1-2H2. The van der Waals surface area contributed by atoms with E-state index in [0.29, 0.717) is 11.3 Å². The van der Waals surface area contributed by atoms with Gasteiger partial charge >= 0.3 is 0 Å². The van der Waals surface area contributed by atoms with E-state index < -0.39 is 0 Å². The summed E-state index contributed by atoms with van der Waals surface area (Å²) in [6.07, 6.45) is 6.19. The minimum Gasteiger partial charge on any atom is -0.319 e. The Balaban J connectivity index is 2.35. The summed E-state index contributed by atoms with van der Waals surface area (Å²) in [5.74, 6) is 0. The van der Waals surface area contributed by atoms with Crippen molar-refractivity contribution in [1.82, 2.24) is 9.55 Å². The van der Waals surface area contributed by atoms with Gasteiger partial charge in [-0.2, -0.15) is 0 Å². The number of halogens is 1. The number of hydrogen-bond acceptors (Lipinski definition) is 1. The van der Waals surface area contributed by atoms with Crippen molar-refractivity contribution in [2.75, 3.05) is 0 Å². The van der Waals surface area contributed by atoms with Gasteiger partial charge in [0.05, 0.1) is 0 Å². The van der Waals surface area contributed by atoms with Crippen molar-refractivity contribution in [3.8, 4) is 0 Å². The van der Waals surface area contributed by atoms with Crippen LogP contribution in [0.5, 0.6) is 0 Å². The Morgan fingerprint density at radius 3 is 2.89 bits per heavy atom. The maximum absolute atomic E-state index is 5.73. The average molecular weight is 143 g/mol. The molecule has 1 aliphatic rings. The molecular formula is C6H7ClN2. The maximum atomic E-state index is 5.73. The van der Waals surface area contributed by atoms with Gasteiger partial charge in [-0.1, -0.05) is 0 Å². The van der Waals surface area contributed by atoms with Crippen LogP contribution in [0.1, 0.15) is 18.9 Å². The van der Waals surface area contributed by atoms with Crippen LogP contribution >= 0.6 is 11.6 Å². The minimum atomic E-state index is 0.623. The molecule has 0 amide bonds. The highest BCUT2D eigenvalue weighted by Crippen LogP contribution is 2.36. The number of hydrogen-bond donors (Lipinski definition) is 0. The summed E-state index contributed by atoms with van der Waals surface area (Å²) in [6.45, 7) is 0. The molecule has 0 aliphatic heterocycles. The third-order valence-electron chi connectivity index (χ3n) is 1.56. The van der Waals surface area contributed by atoms with Crippen LogP contribution in [0.4, 0.5) is 0 Å². The second-order valence-electron chi connectivity index (χ2n) is 2.33. The minimum absolute atomic E-state index is 0.623. The number of imidazole rings is 1. The first-order valence-electron chi connectivity index (χ1n) is 3.06. The van der Waals surface area contributed by atoms with E-state index in [1.165, 1.54) is 12.8 Å². The molecule has 0 bridgehead atoms. The van der Waals surface area contributed by atoms with E-state index in [4.69, 9.17) is 11.6 Å². The normalized spacial score (nSPS) is 18.3. The summed E-state index contributed by atoms with van der Waals surface area (Å²) in [5.41, 5.74) is 0. The molecule has 1 saturated carbocycles. The van der Waals surface area contributed by atoms with Crippen LogP contribution in [0.3, 0.4) is 0 Å². The van der Waals surface area contributed by atoms with Crippen molar-refractivity contribution < 1.29 is 0 Å². The van der Waals surface area contributed by atoms with E-state index in [9.17, 15) is 0 Å². The van der Waals surface area contributed by atoms with Crippen LogP contribution in [0.25, 0.3) is 0 Å². The lowest BCUT2D eigenvalue weighted by Crippen LogP contribution is -1.89. The van der Waals surface area contributed by atoms with Crippen molar-refractivity contribution in [1.29, 1.82) is 0 Å². The van der Waals surface area contributed by atoms with Gasteiger partial charge in [0.15, 0.2) is 0 Å². The monoisotopic (exact) mass is 142 g/mol. The summed E-state index contributed by atoms with van der Waals surface area (Å²) >= 11 is 5.73. The summed E-state index contributed by atoms with van der Waals surface area (Å²) in [7, 11) is 0. The zero-order chi connectivity index (χ0) is 6.27. The Kier molecular flexibility index (Phi) is 1.02. The lowest BCUT2D eigenvalue weighted by Gasteiger charge is -1.96. The van der Waals surface area contributed by atoms with Gasteiger partial charge in [-0.3, -0.25) is 0 Å². The van der Waals surface area contributed by atoms with Crippen molar-refractivity contribution in [2.45, 2.75) is 18.9 Å². The summed E-state index contributed by atoms with van der Waals surface area (Å²) in [6, 6.07) is 0.653. The number of rotatable bonds is 1. The van der Waals surface area contributed by atoms with Crippen molar-refractivity contribution >= 4 is 11.6 Å². The molecule has 48 valence electrons. The van der Waals surface area contributed by atoms with Crippen LogP contribution in [0.15, 0.2) is 12.4 Å². The number of nitrogens with zero attached hydrogens (tertiary/aromatic N) is 2. The molecule has 1 aromatic rings. The highest BCUT2D eigenvalue weighted by molar-refractivity contribution is 6.28. The van der Waals surface area contributed by atoms with E-state index in [1.54, 1.807) is 6.20 Å². The van der Waals surface area contributed by atoms with Gasteiger partial charge in [-0.25, -0.2) is 4.98 Å². The van der Waals surface area contributed by atoms with E-state index in [0.717, 1.165) is 0 Å². The molecule has 3 heteroatoms. The van der Waals surface area contributed by atoms with E-state index in [2.05, 4.69) is 4.98 Å². The van der Waals surface area contributed by atoms with Gasteiger partial charge in [0, 0.05) is 18.4 Å². The lowest BCUT2D eigenvalue weighted by atomic mass is 10.7. The summed E-state index contributed by atoms with van der Waals surface area (Å²) < 4.78 is 2.02. The second kappa shape index (κ2) is 1.74. The van der Waals surface area contributed by atoms with Gasteiger partial charge in [0.25, 0.3) is 0 Å². The SMILES string of the molecule is Clc1nccn1C1CC1. The zero-order valence-electron chi connectivity index (χ0n) is 4.92. The Morgan fingerprint density at radius 1 is 1.67 bits per heavy atom. The van der Waals surface area contributed by atoms with E-state index >= 15 is 0 Å². The molecule has 1 aromatic heterocycles. The van der Waals surface area contributed by atoms with Gasteiger partial charge in [0.2, 0.25) is 5.28 Å². The van der Waals surface area contributed by atoms with Crippen LogP contribution in [0, 0.1) is 0 Å². The van der Waals surface area contributed by atoms with E-state index in [1.807, 2.05) is 10.8 Å². The molecule has 0 spiro atoms. The zero-order valence-corrected chi connectivity index (χ0v) is 5.67. The van der Waals surface area contributed by atoms with Crippen LogP contribution in [-0.4, -0.2) is 9.55 Å². The van der Waals surface area contributed by atoms with Crippen LogP contribution < -0.4 is 0 Å². The highest BCUT2D eigenvalue weighted by Gasteiger charge is 2.24. The first-order valence-corrected chi connectivity index (χ1v) is 3.44. The maximum Gasteiger partial charge on any atom is 0.202 e. The molecule has 0 radical (unpaired) electrons. The molecule has 0 atom stereocenters. The van der Waals surface area contributed by atoms with Crippen molar-refractivity contribution in [3.63, 3.8) is 0 Å². The fourth-order valence-electron chi connectivity index (χ4n) is 0.920. The Bertz CT molecular complexity index is 215. The quantitative estimate of drug-likeness (QED) is 0.586. The molecule has 1 aliphatic carbocycles. The Morgan fingerprint density at radius 2 is 2.44 bits per heavy atom. The van der Waals surface area contributed by atoms with Gasteiger partial charge in [-0.15, -0.1) is 0 Å². The molecule has 0 unspecified atom stereocenters. The first kappa shape index (κ1) is 5.30. The molecule has 0 aromatic carbocycles. The fraction of sp³-hybridized carbons (Fsp3) is 0.500. The molecule has 1 heterocycles. The molecule has 0 N–H and O–H groups in total. The largest absolute Gasteiger partial charge is 0.319 e. The Labute approximate surface area is 58.5 Å². The predicted molar refractivity (Wildman–Crippen MR) is 35.5 cm³/mol. The number of aromatic nitrogens is 2. The van der Waals surface area contributed by atoms with Gasteiger partial charge in [0.1, 0.15) is 0 Å². The third kappa shape index (κ3) is 0.833. The first-order chi connectivity index (χ1) is 4.38. The predicted octanol–water partition coefficient (Wildman–Crippen LogP) is 1.87. The Hall–Kier alpha value is -0.500. The topological polar surface area (TPSA) is 17.8 Å².